The number of nitrogens with zero attached hydrogens (tertiary/aromatic N) is 2. The van der Waals surface area contributed by atoms with Gasteiger partial charge in [-0.25, -0.2) is 0 Å². The summed E-state index contributed by atoms with van der Waals surface area (Å²) in [6.45, 7) is 12.1. The summed E-state index contributed by atoms with van der Waals surface area (Å²) in [4.78, 5) is 7.19. The molecule has 1 N–H and O–H groups in total. The highest BCUT2D eigenvalue weighted by Crippen LogP contribution is 2.11. The van der Waals surface area contributed by atoms with Gasteiger partial charge in [-0.05, 0) is 31.5 Å². The molecule has 112 valence electrons. The van der Waals surface area contributed by atoms with Crippen LogP contribution < -0.4 is 5.32 Å². The van der Waals surface area contributed by atoms with E-state index in [0.29, 0.717) is 12.0 Å². The van der Waals surface area contributed by atoms with Crippen molar-refractivity contribution in [2.45, 2.75) is 39.9 Å². The van der Waals surface area contributed by atoms with Gasteiger partial charge in [0.25, 0.3) is 0 Å². The smallest absolute Gasteiger partial charge is 0.0619 e. The van der Waals surface area contributed by atoms with Gasteiger partial charge in [-0.2, -0.15) is 0 Å². The third-order valence-electron chi connectivity index (χ3n) is 3.59. The molecular weight excluding hydrogens is 250 g/mol. The lowest BCUT2D eigenvalue weighted by Crippen LogP contribution is -2.43. The molecule has 0 spiro atoms. The van der Waals surface area contributed by atoms with E-state index in [1.807, 2.05) is 0 Å². The summed E-state index contributed by atoms with van der Waals surface area (Å²) in [5.41, 5.74) is 2.28. The molecule has 1 saturated heterocycles. The molecule has 1 aromatic rings. The van der Waals surface area contributed by atoms with E-state index in [-0.39, 0.29) is 0 Å². The van der Waals surface area contributed by atoms with Crippen LogP contribution in [0.15, 0.2) is 18.2 Å². The first-order chi connectivity index (χ1) is 9.65. The summed E-state index contributed by atoms with van der Waals surface area (Å²) in [5.74, 6) is 0.674. The highest BCUT2D eigenvalue weighted by molar-refractivity contribution is 5.11. The quantitative estimate of drug-likeness (QED) is 0.863. The minimum Gasteiger partial charge on any atom is -0.379 e. The van der Waals surface area contributed by atoms with Gasteiger partial charge in [-0.1, -0.05) is 19.9 Å². The normalized spacial score (nSPS) is 20.5. The average Bonchev–Trinajstić information content (AvgIpc) is 2.41. The molecule has 0 radical (unpaired) electrons. The molecule has 0 aromatic carbocycles. The molecule has 1 aliphatic rings. The van der Waals surface area contributed by atoms with E-state index in [9.17, 15) is 0 Å². The van der Waals surface area contributed by atoms with Crippen molar-refractivity contribution in [3.63, 3.8) is 0 Å². The predicted molar refractivity (Wildman–Crippen MR) is 81.5 cm³/mol. The minimum absolute atomic E-state index is 0.480. The van der Waals surface area contributed by atoms with E-state index in [1.165, 1.54) is 0 Å². The Morgan fingerprint density at radius 1 is 1.40 bits per heavy atom. The third-order valence-corrected chi connectivity index (χ3v) is 3.59. The fourth-order valence-corrected chi connectivity index (χ4v) is 2.41. The molecule has 2 heterocycles. The Labute approximate surface area is 122 Å². The van der Waals surface area contributed by atoms with Crippen LogP contribution >= 0.6 is 0 Å². The molecule has 1 fully saturated rings. The number of ether oxygens (including phenoxy) is 1. The Morgan fingerprint density at radius 3 is 2.95 bits per heavy atom. The van der Waals surface area contributed by atoms with Gasteiger partial charge in [-0.15, -0.1) is 0 Å². The summed E-state index contributed by atoms with van der Waals surface area (Å²) in [7, 11) is 0. The van der Waals surface area contributed by atoms with Gasteiger partial charge in [0.05, 0.1) is 24.6 Å². The van der Waals surface area contributed by atoms with E-state index >= 15 is 0 Å². The molecule has 4 nitrogen and oxygen atoms in total. The van der Waals surface area contributed by atoms with E-state index in [2.05, 4.69) is 49.2 Å². The average molecular weight is 277 g/mol. The van der Waals surface area contributed by atoms with E-state index in [4.69, 9.17) is 9.72 Å². The second kappa shape index (κ2) is 7.72. The fourth-order valence-electron chi connectivity index (χ4n) is 2.41. The van der Waals surface area contributed by atoms with Crippen molar-refractivity contribution in [1.29, 1.82) is 0 Å². The molecule has 1 atom stereocenters. The molecule has 20 heavy (non-hydrogen) atoms. The van der Waals surface area contributed by atoms with Crippen LogP contribution in [0.5, 0.6) is 0 Å². The molecule has 2 rings (SSSR count). The standard InChI is InChI=1S/C16H27N3O/c1-13(2)9-17-10-15-5-4-6-16(18-15)11-19-7-8-20-12-14(19)3/h4-6,13-14,17H,7-12H2,1-3H3. The maximum atomic E-state index is 5.48. The summed E-state index contributed by atoms with van der Waals surface area (Å²) < 4.78 is 5.48. The van der Waals surface area contributed by atoms with Gasteiger partial charge in [0, 0.05) is 25.7 Å². The zero-order chi connectivity index (χ0) is 14.4. The van der Waals surface area contributed by atoms with Crippen molar-refractivity contribution < 1.29 is 4.74 Å². The van der Waals surface area contributed by atoms with Crippen molar-refractivity contribution >= 4 is 0 Å². The largest absolute Gasteiger partial charge is 0.379 e. The molecule has 1 aliphatic heterocycles. The molecule has 1 unspecified atom stereocenters. The van der Waals surface area contributed by atoms with Crippen molar-refractivity contribution in [2.75, 3.05) is 26.3 Å². The third kappa shape index (κ3) is 4.85. The molecule has 0 saturated carbocycles. The van der Waals surface area contributed by atoms with Crippen molar-refractivity contribution in [3.8, 4) is 0 Å². The SMILES string of the molecule is CC(C)CNCc1cccc(CN2CCOCC2C)n1. The maximum Gasteiger partial charge on any atom is 0.0619 e. The fraction of sp³-hybridized carbons (Fsp3) is 0.688. The monoisotopic (exact) mass is 277 g/mol. The summed E-state index contributed by atoms with van der Waals surface area (Å²) in [6.07, 6.45) is 0. The number of hydrogen-bond donors (Lipinski definition) is 1. The Morgan fingerprint density at radius 2 is 2.20 bits per heavy atom. The van der Waals surface area contributed by atoms with Crippen LogP contribution in [0.25, 0.3) is 0 Å². The Bertz CT molecular complexity index is 408. The van der Waals surface area contributed by atoms with Crippen molar-refractivity contribution in [1.82, 2.24) is 15.2 Å². The zero-order valence-corrected chi connectivity index (χ0v) is 12.9. The Hall–Kier alpha value is -0.970. The first kappa shape index (κ1) is 15.4. The number of aromatic nitrogens is 1. The van der Waals surface area contributed by atoms with Crippen molar-refractivity contribution in [2.24, 2.45) is 5.92 Å². The van der Waals surface area contributed by atoms with Gasteiger partial charge in [0.15, 0.2) is 0 Å². The van der Waals surface area contributed by atoms with Crippen LogP contribution in [0.2, 0.25) is 0 Å². The van der Waals surface area contributed by atoms with Gasteiger partial charge in [0.1, 0.15) is 0 Å². The summed E-state index contributed by atoms with van der Waals surface area (Å²) in [5, 5.41) is 3.44. The second-order valence-electron chi connectivity index (χ2n) is 6.04. The number of nitrogens with one attached hydrogen (secondary N) is 1. The molecule has 4 heteroatoms. The van der Waals surface area contributed by atoms with Crippen LogP contribution in [0.1, 0.15) is 32.2 Å². The number of rotatable bonds is 6. The predicted octanol–water partition coefficient (Wildman–Crippen LogP) is 2.05. The lowest BCUT2D eigenvalue weighted by atomic mass is 10.2. The molecular formula is C16H27N3O. The highest BCUT2D eigenvalue weighted by atomic mass is 16.5. The number of hydrogen-bond acceptors (Lipinski definition) is 4. The molecule has 0 amide bonds. The minimum atomic E-state index is 0.480. The first-order valence-electron chi connectivity index (χ1n) is 7.62. The van der Waals surface area contributed by atoms with Gasteiger partial charge in [0.2, 0.25) is 0 Å². The van der Waals surface area contributed by atoms with Gasteiger partial charge >= 0.3 is 0 Å². The van der Waals surface area contributed by atoms with Gasteiger partial charge < -0.3 is 10.1 Å². The molecule has 1 aromatic heterocycles. The highest BCUT2D eigenvalue weighted by Gasteiger charge is 2.19. The Kier molecular flexibility index (Phi) is 5.95. The second-order valence-corrected chi connectivity index (χ2v) is 6.04. The topological polar surface area (TPSA) is 37.4 Å². The van der Waals surface area contributed by atoms with Gasteiger partial charge in [-0.3, -0.25) is 9.88 Å². The summed E-state index contributed by atoms with van der Waals surface area (Å²) in [6, 6.07) is 6.81. The van der Waals surface area contributed by atoms with Crippen LogP contribution in [-0.4, -0.2) is 42.2 Å². The van der Waals surface area contributed by atoms with Crippen LogP contribution in [0.4, 0.5) is 0 Å². The molecule has 0 bridgehead atoms. The van der Waals surface area contributed by atoms with E-state index in [0.717, 1.165) is 50.8 Å². The lowest BCUT2D eigenvalue weighted by Gasteiger charge is -2.32. The maximum absolute atomic E-state index is 5.48. The van der Waals surface area contributed by atoms with E-state index in [1.54, 1.807) is 0 Å². The summed E-state index contributed by atoms with van der Waals surface area (Å²) >= 11 is 0. The Balaban J connectivity index is 1.88. The number of pyridine rings is 1. The van der Waals surface area contributed by atoms with E-state index < -0.39 is 0 Å². The zero-order valence-electron chi connectivity index (χ0n) is 12.9. The van der Waals surface area contributed by atoms with Crippen LogP contribution in [0.3, 0.4) is 0 Å². The first-order valence-corrected chi connectivity index (χ1v) is 7.62. The van der Waals surface area contributed by atoms with Crippen LogP contribution in [-0.2, 0) is 17.8 Å². The lowest BCUT2D eigenvalue weighted by molar-refractivity contribution is -0.00492. The number of morpholine rings is 1. The van der Waals surface area contributed by atoms with Crippen LogP contribution in [0, 0.1) is 5.92 Å². The van der Waals surface area contributed by atoms with Crippen molar-refractivity contribution in [3.05, 3.63) is 29.6 Å². The molecule has 0 aliphatic carbocycles.